The lowest BCUT2D eigenvalue weighted by Gasteiger charge is -2.12. The van der Waals surface area contributed by atoms with Crippen molar-refractivity contribution in [3.63, 3.8) is 0 Å². The van der Waals surface area contributed by atoms with Crippen molar-refractivity contribution >= 4 is 16.9 Å². The number of methoxy groups -OCH3 is 1. The Morgan fingerprint density at radius 3 is 2.36 bits per heavy atom. The first-order valence-electron chi connectivity index (χ1n) is 10.5. The molecule has 0 bridgehead atoms. The average molecular weight is 444 g/mol. The van der Waals surface area contributed by atoms with Crippen LogP contribution in [-0.2, 0) is 11.3 Å². The predicted octanol–water partition coefficient (Wildman–Crippen LogP) is 5.88. The molecule has 0 amide bonds. The first-order chi connectivity index (χ1) is 15.9. The van der Waals surface area contributed by atoms with Crippen LogP contribution in [0.5, 0.6) is 17.2 Å². The Morgan fingerprint density at radius 1 is 0.909 bits per heavy atom. The predicted molar refractivity (Wildman–Crippen MR) is 125 cm³/mol. The highest BCUT2D eigenvalue weighted by Crippen LogP contribution is 2.28. The van der Waals surface area contributed by atoms with Crippen molar-refractivity contribution in [2.45, 2.75) is 27.4 Å². The Kier molecular flexibility index (Phi) is 6.18. The maximum Gasteiger partial charge on any atom is 0.337 e. The van der Waals surface area contributed by atoms with E-state index in [1.807, 2.05) is 13.8 Å². The van der Waals surface area contributed by atoms with E-state index in [1.54, 1.807) is 49.4 Å². The van der Waals surface area contributed by atoms with E-state index in [2.05, 4.69) is 22.9 Å². The number of carbonyl (C=O) groups excluding carboxylic acids is 1. The van der Waals surface area contributed by atoms with Gasteiger partial charge in [0, 0.05) is 6.07 Å². The zero-order valence-corrected chi connectivity index (χ0v) is 18.9. The van der Waals surface area contributed by atoms with E-state index in [-0.39, 0.29) is 11.2 Å². The van der Waals surface area contributed by atoms with Crippen LogP contribution in [0.25, 0.3) is 11.0 Å². The molecule has 1 aromatic heterocycles. The maximum atomic E-state index is 13.0. The van der Waals surface area contributed by atoms with Gasteiger partial charge >= 0.3 is 5.97 Å². The standard InChI is InChI=1S/C27H24O6/c1-16-5-6-17(2)20(13-16)15-31-22-11-12-23-24(14-22)32-18(3)26(25(23)28)33-21-9-7-19(8-10-21)27(29)30-4/h5-14H,15H2,1-4H3. The van der Waals surface area contributed by atoms with Gasteiger partial charge in [-0.25, -0.2) is 4.79 Å². The number of carbonyl (C=O) groups is 1. The Morgan fingerprint density at radius 2 is 1.64 bits per heavy atom. The number of fused-ring (bicyclic) bond motifs is 1. The third-order valence-corrected chi connectivity index (χ3v) is 5.38. The molecule has 0 radical (unpaired) electrons. The summed E-state index contributed by atoms with van der Waals surface area (Å²) in [6.07, 6.45) is 0. The van der Waals surface area contributed by atoms with Crippen molar-refractivity contribution in [3.05, 3.63) is 98.9 Å². The molecule has 0 fully saturated rings. The van der Waals surface area contributed by atoms with E-state index < -0.39 is 5.97 Å². The molecule has 0 unspecified atom stereocenters. The first-order valence-corrected chi connectivity index (χ1v) is 10.5. The molecule has 0 aliphatic heterocycles. The van der Waals surface area contributed by atoms with Gasteiger partial charge in [0.15, 0.2) is 0 Å². The number of rotatable bonds is 6. The molecule has 0 aliphatic carbocycles. The Bertz CT molecular complexity index is 1380. The van der Waals surface area contributed by atoms with Crippen molar-refractivity contribution in [2.75, 3.05) is 7.11 Å². The van der Waals surface area contributed by atoms with Crippen molar-refractivity contribution in [3.8, 4) is 17.2 Å². The summed E-state index contributed by atoms with van der Waals surface area (Å²) >= 11 is 0. The van der Waals surface area contributed by atoms with Crippen molar-refractivity contribution < 1.29 is 23.4 Å². The molecule has 6 nitrogen and oxygen atoms in total. The largest absolute Gasteiger partial charge is 0.489 e. The molecule has 0 atom stereocenters. The number of aryl methyl sites for hydroxylation is 3. The summed E-state index contributed by atoms with van der Waals surface area (Å²) in [5, 5.41) is 0.390. The van der Waals surface area contributed by atoms with E-state index in [4.69, 9.17) is 13.9 Å². The first kappa shape index (κ1) is 22.1. The molecule has 3 aromatic carbocycles. The summed E-state index contributed by atoms with van der Waals surface area (Å²) in [5.41, 5.74) is 3.96. The molecule has 0 saturated carbocycles. The van der Waals surface area contributed by atoms with Gasteiger partial charge in [-0.05, 0) is 68.3 Å². The van der Waals surface area contributed by atoms with Gasteiger partial charge in [0.2, 0.25) is 11.2 Å². The summed E-state index contributed by atoms with van der Waals surface area (Å²) in [4.78, 5) is 24.6. The number of ether oxygens (including phenoxy) is 3. The van der Waals surface area contributed by atoms with Crippen LogP contribution in [0.3, 0.4) is 0 Å². The molecule has 0 N–H and O–H groups in total. The van der Waals surface area contributed by atoms with E-state index in [9.17, 15) is 9.59 Å². The third kappa shape index (κ3) is 4.75. The Hall–Kier alpha value is -4.06. The quantitative estimate of drug-likeness (QED) is 0.346. The zero-order chi connectivity index (χ0) is 23.5. The molecule has 168 valence electrons. The fourth-order valence-electron chi connectivity index (χ4n) is 3.49. The molecule has 0 spiro atoms. The number of hydrogen-bond donors (Lipinski definition) is 0. The fourth-order valence-corrected chi connectivity index (χ4v) is 3.49. The number of hydrogen-bond acceptors (Lipinski definition) is 6. The minimum atomic E-state index is -0.446. The summed E-state index contributed by atoms with van der Waals surface area (Å²) in [6.45, 7) is 6.18. The summed E-state index contributed by atoms with van der Waals surface area (Å²) in [6, 6.07) is 17.7. The summed E-state index contributed by atoms with van der Waals surface area (Å²) < 4.78 is 22.3. The molecule has 0 saturated heterocycles. The van der Waals surface area contributed by atoms with Gasteiger partial charge in [0.1, 0.15) is 29.4 Å². The van der Waals surface area contributed by atoms with E-state index >= 15 is 0 Å². The highest BCUT2D eigenvalue weighted by molar-refractivity contribution is 5.89. The van der Waals surface area contributed by atoms with Gasteiger partial charge in [-0.15, -0.1) is 0 Å². The van der Waals surface area contributed by atoms with Gasteiger partial charge in [-0.2, -0.15) is 0 Å². The van der Waals surface area contributed by atoms with Crippen LogP contribution in [0.1, 0.15) is 32.8 Å². The molecular weight excluding hydrogens is 420 g/mol. The highest BCUT2D eigenvalue weighted by Gasteiger charge is 2.15. The van der Waals surface area contributed by atoms with Crippen LogP contribution in [0.4, 0.5) is 0 Å². The topological polar surface area (TPSA) is 75.0 Å². The molecular formula is C27H24O6. The van der Waals surface area contributed by atoms with Crippen molar-refractivity contribution in [1.82, 2.24) is 0 Å². The number of benzene rings is 3. The second-order valence-electron chi connectivity index (χ2n) is 7.81. The Labute approximate surface area is 191 Å². The maximum absolute atomic E-state index is 13.0. The summed E-state index contributed by atoms with van der Waals surface area (Å²) in [7, 11) is 1.32. The Balaban J connectivity index is 1.57. The second-order valence-corrected chi connectivity index (χ2v) is 7.81. The molecule has 6 heteroatoms. The lowest BCUT2D eigenvalue weighted by molar-refractivity contribution is 0.0600. The molecule has 0 aliphatic rings. The van der Waals surface area contributed by atoms with Crippen LogP contribution in [-0.4, -0.2) is 13.1 Å². The van der Waals surface area contributed by atoms with E-state index in [1.165, 1.54) is 12.7 Å². The smallest absolute Gasteiger partial charge is 0.337 e. The SMILES string of the molecule is COC(=O)c1ccc(Oc2c(C)oc3cc(OCc4cc(C)ccc4C)ccc3c2=O)cc1. The van der Waals surface area contributed by atoms with Gasteiger partial charge in [-0.3, -0.25) is 4.79 Å². The highest BCUT2D eigenvalue weighted by atomic mass is 16.5. The fraction of sp³-hybridized carbons (Fsp3) is 0.185. The van der Waals surface area contributed by atoms with E-state index in [0.29, 0.717) is 40.4 Å². The minimum absolute atomic E-state index is 0.0948. The van der Waals surface area contributed by atoms with Crippen molar-refractivity contribution in [2.24, 2.45) is 0 Å². The van der Waals surface area contributed by atoms with Crippen LogP contribution >= 0.6 is 0 Å². The van der Waals surface area contributed by atoms with Crippen LogP contribution in [0.15, 0.2) is 69.9 Å². The third-order valence-electron chi connectivity index (χ3n) is 5.38. The molecule has 33 heavy (non-hydrogen) atoms. The van der Waals surface area contributed by atoms with Gasteiger partial charge in [0.05, 0.1) is 18.1 Å². The van der Waals surface area contributed by atoms with Gasteiger partial charge < -0.3 is 18.6 Å². The summed E-state index contributed by atoms with van der Waals surface area (Å²) in [5.74, 6) is 1.01. The number of esters is 1. The second kappa shape index (κ2) is 9.20. The van der Waals surface area contributed by atoms with Gasteiger partial charge in [0.25, 0.3) is 0 Å². The van der Waals surface area contributed by atoms with Gasteiger partial charge in [-0.1, -0.05) is 23.8 Å². The van der Waals surface area contributed by atoms with Crippen LogP contribution < -0.4 is 14.9 Å². The van der Waals surface area contributed by atoms with Crippen LogP contribution in [0.2, 0.25) is 0 Å². The van der Waals surface area contributed by atoms with E-state index in [0.717, 1.165) is 11.1 Å². The van der Waals surface area contributed by atoms with Crippen LogP contribution in [0, 0.1) is 20.8 Å². The lowest BCUT2D eigenvalue weighted by atomic mass is 10.1. The molecule has 4 aromatic rings. The zero-order valence-electron chi connectivity index (χ0n) is 18.9. The molecule has 4 rings (SSSR count). The van der Waals surface area contributed by atoms with Crippen molar-refractivity contribution in [1.29, 1.82) is 0 Å². The average Bonchev–Trinajstić information content (AvgIpc) is 2.82. The lowest BCUT2D eigenvalue weighted by Crippen LogP contribution is -2.08. The monoisotopic (exact) mass is 444 g/mol. The molecule has 1 heterocycles. The normalized spacial score (nSPS) is 10.8. The minimum Gasteiger partial charge on any atom is -0.489 e.